The number of aromatic nitrogens is 2. The van der Waals surface area contributed by atoms with Gasteiger partial charge in [0.2, 0.25) is 5.91 Å². The maximum absolute atomic E-state index is 12.8. The largest absolute Gasteiger partial charge is 0.493 e. The molecule has 0 aliphatic rings. The molecule has 0 unspecified atom stereocenters. The van der Waals surface area contributed by atoms with Gasteiger partial charge in [0.15, 0.2) is 11.5 Å². The van der Waals surface area contributed by atoms with E-state index in [1.165, 1.54) is 25.1 Å². The van der Waals surface area contributed by atoms with Gasteiger partial charge in [0, 0.05) is 31.0 Å². The van der Waals surface area contributed by atoms with Crippen LogP contribution >= 0.6 is 23.2 Å². The van der Waals surface area contributed by atoms with Gasteiger partial charge in [-0.25, -0.2) is 4.98 Å². The summed E-state index contributed by atoms with van der Waals surface area (Å²) in [6.07, 6.45) is 2.27. The Morgan fingerprint density at radius 3 is 2.45 bits per heavy atom. The maximum Gasteiger partial charge on any atom is 0.261 e. The molecule has 0 saturated heterocycles. The quantitative estimate of drug-likeness (QED) is 0.473. The Kier molecular flexibility index (Phi) is 7.87. The molecule has 3 rings (SSSR count). The number of benzene rings is 2. The van der Waals surface area contributed by atoms with E-state index in [1.54, 1.807) is 18.2 Å². The SMILES string of the molecule is COc1cc2ncn(CCCC(=O)NCC(C)(C)c3ccc(Cl)c(Cl)c3)c(=O)c2cc1OC. The highest BCUT2D eigenvalue weighted by molar-refractivity contribution is 6.42. The molecule has 0 bridgehead atoms. The van der Waals surface area contributed by atoms with Crippen molar-refractivity contribution in [3.8, 4) is 11.5 Å². The first kappa shape index (κ1) is 24.9. The molecule has 9 heteroatoms. The molecule has 1 amide bonds. The van der Waals surface area contributed by atoms with Gasteiger partial charge in [0.25, 0.3) is 5.56 Å². The van der Waals surface area contributed by atoms with Crippen LogP contribution in [0.2, 0.25) is 10.0 Å². The number of fused-ring (bicyclic) bond motifs is 1. The van der Waals surface area contributed by atoms with E-state index in [0.29, 0.717) is 52.0 Å². The summed E-state index contributed by atoms with van der Waals surface area (Å²) in [7, 11) is 3.04. The van der Waals surface area contributed by atoms with Crippen LogP contribution in [-0.4, -0.2) is 36.2 Å². The lowest BCUT2D eigenvalue weighted by molar-refractivity contribution is -0.121. The van der Waals surface area contributed by atoms with Gasteiger partial charge in [0.1, 0.15) is 0 Å². The number of nitrogens with zero attached hydrogens (tertiary/aromatic N) is 2. The molecule has 2 aromatic carbocycles. The van der Waals surface area contributed by atoms with Crippen molar-refractivity contribution in [1.29, 1.82) is 0 Å². The number of hydrogen-bond donors (Lipinski definition) is 1. The van der Waals surface area contributed by atoms with Crippen molar-refractivity contribution < 1.29 is 14.3 Å². The predicted molar refractivity (Wildman–Crippen MR) is 131 cm³/mol. The fourth-order valence-corrected chi connectivity index (χ4v) is 3.78. The second kappa shape index (κ2) is 10.4. The Balaban J connectivity index is 1.59. The molecule has 0 aliphatic carbocycles. The number of rotatable bonds is 9. The van der Waals surface area contributed by atoms with Gasteiger partial charge in [-0.05, 0) is 30.2 Å². The lowest BCUT2D eigenvalue weighted by Crippen LogP contribution is -2.36. The molecule has 1 aromatic heterocycles. The summed E-state index contributed by atoms with van der Waals surface area (Å²) in [4.78, 5) is 29.6. The molecule has 0 fully saturated rings. The number of ether oxygens (including phenoxy) is 2. The van der Waals surface area contributed by atoms with Gasteiger partial charge < -0.3 is 14.8 Å². The number of amides is 1. The smallest absolute Gasteiger partial charge is 0.261 e. The van der Waals surface area contributed by atoms with Gasteiger partial charge in [-0.2, -0.15) is 0 Å². The molecule has 0 atom stereocenters. The van der Waals surface area contributed by atoms with E-state index in [4.69, 9.17) is 32.7 Å². The fourth-order valence-electron chi connectivity index (χ4n) is 3.48. The molecule has 0 aliphatic heterocycles. The van der Waals surface area contributed by atoms with Crippen LogP contribution in [0.15, 0.2) is 41.5 Å². The maximum atomic E-state index is 12.8. The van der Waals surface area contributed by atoms with Crippen molar-refractivity contribution in [3.63, 3.8) is 0 Å². The summed E-state index contributed by atoms with van der Waals surface area (Å²) in [5.74, 6) is 0.886. The topological polar surface area (TPSA) is 82.5 Å². The highest BCUT2D eigenvalue weighted by Crippen LogP contribution is 2.30. The number of methoxy groups -OCH3 is 2. The second-order valence-electron chi connectivity index (χ2n) is 8.36. The van der Waals surface area contributed by atoms with Gasteiger partial charge in [0.05, 0.1) is 41.5 Å². The van der Waals surface area contributed by atoms with E-state index < -0.39 is 0 Å². The number of aryl methyl sites for hydroxylation is 1. The Morgan fingerprint density at radius 1 is 1.09 bits per heavy atom. The third-order valence-electron chi connectivity index (χ3n) is 5.56. The van der Waals surface area contributed by atoms with Crippen LogP contribution in [0.1, 0.15) is 32.3 Å². The Labute approximate surface area is 202 Å². The van der Waals surface area contributed by atoms with Crippen LogP contribution in [0.4, 0.5) is 0 Å². The molecule has 1 heterocycles. The minimum Gasteiger partial charge on any atom is -0.493 e. The molecule has 33 heavy (non-hydrogen) atoms. The second-order valence-corrected chi connectivity index (χ2v) is 9.17. The number of nitrogens with one attached hydrogen (secondary N) is 1. The van der Waals surface area contributed by atoms with Crippen LogP contribution < -0.4 is 20.3 Å². The fraction of sp³-hybridized carbons (Fsp3) is 0.375. The third-order valence-corrected chi connectivity index (χ3v) is 6.30. The molecule has 0 saturated carbocycles. The summed E-state index contributed by atoms with van der Waals surface area (Å²) >= 11 is 12.1. The van der Waals surface area contributed by atoms with Gasteiger partial charge in [-0.15, -0.1) is 0 Å². The third kappa shape index (κ3) is 5.78. The van der Waals surface area contributed by atoms with Crippen molar-refractivity contribution in [2.75, 3.05) is 20.8 Å². The first-order valence-electron chi connectivity index (χ1n) is 10.5. The van der Waals surface area contributed by atoms with E-state index in [9.17, 15) is 9.59 Å². The molecule has 7 nitrogen and oxygen atoms in total. The van der Waals surface area contributed by atoms with Crippen LogP contribution in [0.5, 0.6) is 11.5 Å². The summed E-state index contributed by atoms with van der Waals surface area (Å²) < 4.78 is 12.0. The number of hydrogen-bond acceptors (Lipinski definition) is 5. The average Bonchev–Trinajstić information content (AvgIpc) is 2.80. The predicted octanol–water partition coefficient (Wildman–Crippen LogP) is 4.59. The average molecular weight is 492 g/mol. The summed E-state index contributed by atoms with van der Waals surface area (Å²) in [6, 6.07) is 8.77. The van der Waals surface area contributed by atoms with Crippen LogP contribution in [-0.2, 0) is 16.8 Å². The van der Waals surface area contributed by atoms with Gasteiger partial charge >= 0.3 is 0 Å². The van der Waals surface area contributed by atoms with Crippen molar-refractivity contribution in [3.05, 3.63) is 62.6 Å². The molecule has 0 spiro atoms. The molecular formula is C24H27Cl2N3O4. The Morgan fingerprint density at radius 2 is 1.79 bits per heavy atom. The normalized spacial score (nSPS) is 11.5. The first-order valence-corrected chi connectivity index (χ1v) is 11.3. The molecule has 0 radical (unpaired) electrons. The van der Waals surface area contributed by atoms with E-state index >= 15 is 0 Å². The van der Waals surface area contributed by atoms with Crippen molar-refractivity contribution in [2.24, 2.45) is 0 Å². The zero-order chi connectivity index (χ0) is 24.2. The van der Waals surface area contributed by atoms with E-state index in [2.05, 4.69) is 10.3 Å². The van der Waals surface area contributed by atoms with Crippen LogP contribution in [0.3, 0.4) is 0 Å². The minimum absolute atomic E-state index is 0.0867. The van der Waals surface area contributed by atoms with Crippen molar-refractivity contribution in [2.45, 2.75) is 38.6 Å². The van der Waals surface area contributed by atoms with E-state index in [1.807, 2.05) is 26.0 Å². The molecule has 3 aromatic rings. The highest BCUT2D eigenvalue weighted by Gasteiger charge is 2.22. The first-order chi connectivity index (χ1) is 15.7. The number of carbonyl (C=O) groups is 1. The van der Waals surface area contributed by atoms with Crippen LogP contribution in [0.25, 0.3) is 10.9 Å². The lowest BCUT2D eigenvalue weighted by atomic mass is 9.84. The number of halogens is 2. The summed E-state index contributed by atoms with van der Waals surface area (Å²) in [5, 5.41) is 4.38. The van der Waals surface area contributed by atoms with Gasteiger partial charge in [-0.1, -0.05) is 43.1 Å². The summed E-state index contributed by atoms with van der Waals surface area (Å²) in [5.41, 5.74) is 1.000. The zero-order valence-electron chi connectivity index (χ0n) is 19.1. The number of carbonyl (C=O) groups excluding carboxylic acids is 1. The molecule has 1 N–H and O–H groups in total. The monoisotopic (exact) mass is 491 g/mol. The Bertz CT molecular complexity index is 1220. The minimum atomic E-state index is -0.316. The standard InChI is InChI=1S/C24H27Cl2N3O4/c1-24(2,15-7-8-17(25)18(26)10-15)13-27-22(30)6-5-9-29-14-28-19-12-21(33-4)20(32-3)11-16(19)23(29)31/h7-8,10-12,14H,5-6,9,13H2,1-4H3,(H,27,30). The highest BCUT2D eigenvalue weighted by atomic mass is 35.5. The van der Waals surface area contributed by atoms with Crippen molar-refractivity contribution in [1.82, 2.24) is 14.9 Å². The Hall–Kier alpha value is -2.77. The van der Waals surface area contributed by atoms with E-state index in [-0.39, 0.29) is 23.3 Å². The van der Waals surface area contributed by atoms with Crippen LogP contribution in [0, 0.1) is 0 Å². The van der Waals surface area contributed by atoms with Crippen molar-refractivity contribution >= 4 is 40.0 Å². The molecule has 176 valence electrons. The molecular weight excluding hydrogens is 465 g/mol. The summed E-state index contributed by atoms with van der Waals surface area (Å²) in [6.45, 7) is 4.87. The van der Waals surface area contributed by atoms with Gasteiger partial charge in [-0.3, -0.25) is 14.2 Å². The van der Waals surface area contributed by atoms with E-state index in [0.717, 1.165) is 5.56 Å². The zero-order valence-corrected chi connectivity index (χ0v) is 20.6. The lowest BCUT2D eigenvalue weighted by Gasteiger charge is -2.26.